The van der Waals surface area contributed by atoms with Gasteiger partial charge in [-0.05, 0) is 149 Å². The third kappa shape index (κ3) is 6.47. The third-order valence-corrected chi connectivity index (χ3v) is 17.0. The van der Waals surface area contributed by atoms with E-state index in [4.69, 9.17) is 0 Å². The summed E-state index contributed by atoms with van der Waals surface area (Å²) < 4.78 is 2.70. The van der Waals surface area contributed by atoms with Gasteiger partial charge < -0.3 is 0 Å². The highest BCUT2D eigenvalue weighted by Crippen LogP contribution is 2.53. The number of hydrogen-bond donors (Lipinski definition) is 0. The number of benzene rings is 10. The first-order valence-electron chi connectivity index (χ1n) is 24.3. The summed E-state index contributed by atoms with van der Waals surface area (Å²) in [6, 6.07) is 80.5. The van der Waals surface area contributed by atoms with Crippen LogP contribution in [0.25, 0.3) is 86.6 Å². The van der Waals surface area contributed by atoms with Crippen LogP contribution in [0.15, 0.2) is 212 Å². The molecule has 11 aromatic rings. The van der Waals surface area contributed by atoms with E-state index in [9.17, 15) is 0 Å². The molecule has 0 nitrogen and oxygen atoms in total. The van der Waals surface area contributed by atoms with Crippen LogP contribution in [0, 0.1) is 0 Å². The molecule has 68 heavy (non-hydrogen) atoms. The van der Waals surface area contributed by atoms with Gasteiger partial charge in [0.1, 0.15) is 0 Å². The molecule has 0 fully saturated rings. The topological polar surface area (TPSA) is 0 Å². The molecule has 1 aromatic heterocycles. The summed E-state index contributed by atoms with van der Waals surface area (Å²) in [7, 11) is 0. The van der Waals surface area contributed by atoms with Gasteiger partial charge in [0.25, 0.3) is 0 Å². The lowest BCUT2D eigenvalue weighted by molar-refractivity contribution is 0.653. The van der Waals surface area contributed by atoms with Gasteiger partial charge in [0.05, 0.1) is 0 Å². The average molecular weight is 889 g/mol. The molecule has 326 valence electrons. The van der Waals surface area contributed by atoms with E-state index in [1.807, 2.05) is 11.3 Å². The van der Waals surface area contributed by atoms with Crippen LogP contribution in [0.3, 0.4) is 0 Å². The molecule has 1 heterocycles. The predicted octanol–water partition coefficient (Wildman–Crippen LogP) is 18.6. The Bertz CT molecular complexity index is 3790. The summed E-state index contributed by atoms with van der Waals surface area (Å²) in [6.45, 7) is 9.70. The van der Waals surface area contributed by atoms with Crippen molar-refractivity contribution in [3.05, 3.63) is 251 Å². The van der Waals surface area contributed by atoms with Crippen LogP contribution >= 0.6 is 11.3 Å². The van der Waals surface area contributed by atoms with Gasteiger partial charge in [-0.15, -0.1) is 11.3 Å². The Morgan fingerprint density at radius 2 is 0.853 bits per heavy atom. The second-order valence-electron chi connectivity index (χ2n) is 20.3. The lowest BCUT2D eigenvalue weighted by atomic mass is 9.77. The van der Waals surface area contributed by atoms with Gasteiger partial charge in [0.2, 0.25) is 0 Å². The maximum absolute atomic E-state index is 2.57. The van der Waals surface area contributed by atoms with E-state index in [-0.39, 0.29) is 16.7 Å². The van der Waals surface area contributed by atoms with Crippen molar-refractivity contribution in [2.75, 3.05) is 0 Å². The van der Waals surface area contributed by atoms with Crippen LogP contribution in [0.5, 0.6) is 0 Å². The summed E-state index contributed by atoms with van der Waals surface area (Å²) in [6.07, 6.45) is 1.97. The molecule has 0 radical (unpaired) electrons. The van der Waals surface area contributed by atoms with E-state index in [0.717, 1.165) is 12.8 Å². The Morgan fingerprint density at radius 3 is 1.56 bits per heavy atom. The lowest BCUT2D eigenvalue weighted by Gasteiger charge is -2.26. The van der Waals surface area contributed by atoms with Crippen LogP contribution in [0.1, 0.15) is 79.0 Å². The molecule has 10 aromatic carbocycles. The molecule has 2 aliphatic carbocycles. The number of hydrogen-bond acceptors (Lipinski definition) is 1. The largest absolute Gasteiger partial charge is 0.135 e. The zero-order chi connectivity index (χ0) is 45.7. The second-order valence-corrected chi connectivity index (χ2v) is 21.4. The smallest absolute Gasteiger partial charge is 0.0355 e. The standard InChI is InChI=1S/C67H52S/c1-66(2)60-37-42(24-30-54(60)55-32-26-47(40-62(55)66)45-28-36-65-59(38-45)58-21-13-14-22-64(58)68-65)23-29-50(53-35-34-49(44-17-9-6-10-18-44)51-19-11-12-20-52(51)53)48-27-33-57-56-31-25-46(43-15-7-5-8-16-43)39-61(56)67(3,4)63(57)41-48/h5-22,24-28,30-41,50H,23,29H2,1-4H3. The fourth-order valence-corrected chi connectivity index (χ4v) is 13.2. The first-order valence-corrected chi connectivity index (χ1v) is 25.1. The van der Waals surface area contributed by atoms with Crippen LogP contribution < -0.4 is 0 Å². The van der Waals surface area contributed by atoms with Gasteiger partial charge >= 0.3 is 0 Å². The molecule has 1 atom stereocenters. The van der Waals surface area contributed by atoms with Crippen molar-refractivity contribution in [2.24, 2.45) is 0 Å². The molecular formula is C67H52S. The molecule has 1 heteroatoms. The van der Waals surface area contributed by atoms with E-state index >= 15 is 0 Å². The monoisotopic (exact) mass is 888 g/mol. The van der Waals surface area contributed by atoms with Crippen molar-refractivity contribution in [3.63, 3.8) is 0 Å². The molecular weight excluding hydrogens is 837 g/mol. The second kappa shape index (κ2) is 15.6. The van der Waals surface area contributed by atoms with E-state index in [1.54, 1.807) is 0 Å². The molecule has 0 amide bonds. The minimum absolute atomic E-state index is 0.125. The number of fused-ring (bicyclic) bond motifs is 10. The van der Waals surface area contributed by atoms with Crippen molar-refractivity contribution >= 4 is 42.3 Å². The number of aryl methyl sites for hydroxylation is 1. The highest BCUT2D eigenvalue weighted by molar-refractivity contribution is 7.25. The van der Waals surface area contributed by atoms with Gasteiger partial charge in [-0.1, -0.05) is 210 Å². The van der Waals surface area contributed by atoms with Gasteiger partial charge in [-0.25, -0.2) is 0 Å². The first-order chi connectivity index (χ1) is 33.2. The zero-order valence-corrected chi connectivity index (χ0v) is 39.9. The first kappa shape index (κ1) is 40.9. The van der Waals surface area contributed by atoms with E-state index in [0.29, 0.717) is 0 Å². The number of rotatable bonds is 8. The lowest BCUT2D eigenvalue weighted by Crippen LogP contribution is -2.16. The van der Waals surface area contributed by atoms with Crippen LogP contribution in [0.2, 0.25) is 0 Å². The SMILES string of the molecule is CC1(C)c2cc(CCC(c3ccc4c(c3)C(C)(C)c3cc(-c5ccccc5)ccc3-4)c3ccc(-c4ccccc4)c4ccccc34)ccc2-c2ccc(-c3ccc4sc5ccccc5c4c3)cc21. The fourth-order valence-electron chi connectivity index (χ4n) is 12.1. The minimum atomic E-state index is -0.138. The maximum Gasteiger partial charge on any atom is 0.0355 e. The van der Waals surface area contributed by atoms with Crippen molar-refractivity contribution in [1.29, 1.82) is 0 Å². The molecule has 0 spiro atoms. The highest BCUT2D eigenvalue weighted by Gasteiger charge is 2.38. The Morgan fingerprint density at radius 1 is 0.353 bits per heavy atom. The van der Waals surface area contributed by atoms with E-state index in [2.05, 4.69) is 240 Å². The highest BCUT2D eigenvalue weighted by atomic mass is 32.1. The van der Waals surface area contributed by atoms with E-state index in [1.165, 1.54) is 126 Å². The summed E-state index contributed by atoms with van der Waals surface area (Å²) in [5.74, 6) is 0.188. The van der Waals surface area contributed by atoms with Gasteiger partial charge in [-0.2, -0.15) is 0 Å². The van der Waals surface area contributed by atoms with Crippen LogP contribution in [-0.2, 0) is 17.3 Å². The van der Waals surface area contributed by atoms with Crippen molar-refractivity contribution in [3.8, 4) is 55.6 Å². The minimum Gasteiger partial charge on any atom is -0.135 e. The van der Waals surface area contributed by atoms with Crippen molar-refractivity contribution < 1.29 is 0 Å². The quantitative estimate of drug-likeness (QED) is 0.143. The normalized spacial score (nSPS) is 14.5. The summed E-state index contributed by atoms with van der Waals surface area (Å²) in [5, 5.41) is 5.34. The van der Waals surface area contributed by atoms with Gasteiger partial charge in [0, 0.05) is 36.9 Å². The summed E-state index contributed by atoms with van der Waals surface area (Å²) in [5.41, 5.74) is 22.7. The Kier molecular flexibility index (Phi) is 9.40. The van der Waals surface area contributed by atoms with Crippen LogP contribution in [0.4, 0.5) is 0 Å². The Balaban J connectivity index is 0.868. The molecule has 0 N–H and O–H groups in total. The molecule has 13 rings (SSSR count). The average Bonchev–Trinajstić information content (AvgIpc) is 3.95. The fraction of sp³-hybridized carbons (Fsp3) is 0.134. The molecule has 2 aliphatic rings. The van der Waals surface area contributed by atoms with Crippen LogP contribution in [-0.4, -0.2) is 0 Å². The molecule has 0 saturated heterocycles. The van der Waals surface area contributed by atoms with Crippen molar-refractivity contribution in [2.45, 2.75) is 57.3 Å². The molecule has 1 unspecified atom stereocenters. The Hall–Kier alpha value is -7.32. The predicted molar refractivity (Wildman–Crippen MR) is 291 cm³/mol. The zero-order valence-electron chi connectivity index (χ0n) is 39.1. The molecule has 0 aliphatic heterocycles. The Labute approximate surface area is 404 Å². The maximum atomic E-state index is 2.57. The molecule has 0 saturated carbocycles. The van der Waals surface area contributed by atoms with Gasteiger partial charge in [-0.3, -0.25) is 0 Å². The van der Waals surface area contributed by atoms with Crippen molar-refractivity contribution in [1.82, 2.24) is 0 Å². The summed E-state index contributed by atoms with van der Waals surface area (Å²) >= 11 is 1.88. The van der Waals surface area contributed by atoms with Gasteiger partial charge in [0.15, 0.2) is 0 Å². The van der Waals surface area contributed by atoms with E-state index < -0.39 is 0 Å². The third-order valence-electron chi connectivity index (χ3n) is 15.8. The number of thiophene rings is 1. The summed E-state index contributed by atoms with van der Waals surface area (Å²) in [4.78, 5) is 0. The molecule has 0 bridgehead atoms.